The van der Waals surface area contributed by atoms with Gasteiger partial charge in [0.15, 0.2) is 0 Å². The Morgan fingerprint density at radius 2 is 2.26 bits per heavy atom. The third kappa shape index (κ3) is 1.74. The Morgan fingerprint density at radius 3 is 3.16 bits per heavy atom. The lowest BCUT2D eigenvalue weighted by atomic mass is 10.1. The zero-order valence-electron chi connectivity index (χ0n) is 9.85. The molecule has 0 spiro atoms. The van der Waals surface area contributed by atoms with E-state index in [4.69, 9.17) is 4.98 Å². The summed E-state index contributed by atoms with van der Waals surface area (Å²) in [6.45, 7) is 0.793. The second-order valence-corrected chi connectivity index (χ2v) is 6.20. The van der Waals surface area contributed by atoms with E-state index in [1.54, 1.807) is 17.7 Å². The van der Waals surface area contributed by atoms with Gasteiger partial charge in [0.05, 0.1) is 16.5 Å². The molecule has 2 aromatic heterocycles. The summed E-state index contributed by atoms with van der Waals surface area (Å²) in [4.78, 5) is 16.9. The van der Waals surface area contributed by atoms with Gasteiger partial charge in [0, 0.05) is 23.1 Å². The van der Waals surface area contributed by atoms with Crippen LogP contribution in [-0.2, 0) is 6.42 Å². The van der Waals surface area contributed by atoms with Gasteiger partial charge in [-0.3, -0.25) is 4.99 Å². The van der Waals surface area contributed by atoms with Crippen molar-refractivity contribution in [2.24, 2.45) is 4.99 Å². The molecule has 0 atom stereocenters. The van der Waals surface area contributed by atoms with E-state index in [0.717, 1.165) is 49.8 Å². The number of imidazole rings is 1. The van der Waals surface area contributed by atoms with Gasteiger partial charge in [-0.25, -0.2) is 9.97 Å². The van der Waals surface area contributed by atoms with Crippen LogP contribution < -0.4 is 0 Å². The van der Waals surface area contributed by atoms with Gasteiger partial charge in [0.2, 0.25) is 0 Å². The third-order valence-corrected chi connectivity index (χ3v) is 4.81. The molecule has 1 N–H and O–H groups in total. The minimum atomic E-state index is 0.793. The van der Waals surface area contributed by atoms with Gasteiger partial charge in [0.1, 0.15) is 16.4 Å². The molecule has 0 saturated heterocycles. The molecule has 0 unspecified atom stereocenters. The molecular weight excluding hydrogens is 324 g/mol. The number of nitrogens with zero attached hydrogens (tertiary/aromatic N) is 3. The average Bonchev–Trinajstić information content (AvgIpc) is 3.05. The monoisotopic (exact) mass is 332 g/mol. The van der Waals surface area contributed by atoms with Crippen molar-refractivity contribution in [1.29, 1.82) is 0 Å². The van der Waals surface area contributed by atoms with Crippen molar-refractivity contribution in [2.75, 3.05) is 6.54 Å². The Hall–Kier alpha value is -1.53. The molecule has 0 saturated carbocycles. The van der Waals surface area contributed by atoms with Gasteiger partial charge in [-0.05, 0) is 28.1 Å². The number of thiazole rings is 1. The summed E-state index contributed by atoms with van der Waals surface area (Å²) in [5.74, 6) is 0. The maximum absolute atomic E-state index is 4.70. The molecule has 1 aliphatic rings. The maximum atomic E-state index is 4.70. The van der Waals surface area contributed by atoms with Crippen LogP contribution in [0, 0.1) is 0 Å². The fraction of sp³-hybridized carbons (Fsp3) is 0.154. The minimum Gasteiger partial charge on any atom is -0.348 e. The zero-order chi connectivity index (χ0) is 12.8. The van der Waals surface area contributed by atoms with E-state index in [1.807, 2.05) is 12.1 Å². The number of hydrogen-bond acceptors (Lipinski definition) is 4. The predicted molar refractivity (Wildman–Crippen MR) is 80.1 cm³/mol. The number of nitrogens with one attached hydrogen (secondary N) is 1. The first-order chi connectivity index (χ1) is 9.33. The molecule has 0 bridgehead atoms. The fourth-order valence-corrected chi connectivity index (χ4v) is 3.84. The Balaban J connectivity index is 1.92. The summed E-state index contributed by atoms with van der Waals surface area (Å²) in [6.07, 6.45) is 2.65. The summed E-state index contributed by atoms with van der Waals surface area (Å²) in [6, 6.07) is 6.11. The van der Waals surface area contributed by atoms with Crippen LogP contribution >= 0.6 is 27.3 Å². The number of H-pyrrole nitrogens is 1. The first-order valence-corrected chi connectivity index (χ1v) is 7.56. The molecule has 1 aromatic carbocycles. The molecule has 1 aliphatic heterocycles. The van der Waals surface area contributed by atoms with E-state index in [0.29, 0.717) is 0 Å². The highest BCUT2D eigenvalue weighted by Gasteiger charge is 2.21. The molecule has 3 aromatic rings. The van der Waals surface area contributed by atoms with Gasteiger partial charge < -0.3 is 4.98 Å². The summed E-state index contributed by atoms with van der Waals surface area (Å²) >= 11 is 5.20. The van der Waals surface area contributed by atoms with Crippen LogP contribution in [0.2, 0.25) is 0 Å². The molecule has 0 radical (unpaired) electrons. The number of halogens is 1. The topological polar surface area (TPSA) is 53.9 Å². The minimum absolute atomic E-state index is 0.793. The molecule has 3 heterocycles. The third-order valence-electron chi connectivity index (χ3n) is 3.15. The molecule has 4 rings (SSSR count). The van der Waals surface area contributed by atoms with Crippen LogP contribution in [0.4, 0.5) is 0 Å². The molecule has 94 valence electrons. The van der Waals surface area contributed by atoms with Gasteiger partial charge in [-0.2, -0.15) is 0 Å². The highest BCUT2D eigenvalue weighted by Crippen LogP contribution is 2.30. The maximum Gasteiger partial charge on any atom is 0.145 e. The number of benzene rings is 1. The Kier molecular flexibility index (Phi) is 2.53. The largest absolute Gasteiger partial charge is 0.348 e. The molecule has 6 heteroatoms. The van der Waals surface area contributed by atoms with Crippen molar-refractivity contribution in [3.05, 3.63) is 45.4 Å². The second kappa shape index (κ2) is 4.25. The van der Waals surface area contributed by atoms with Crippen LogP contribution in [0.15, 0.2) is 34.0 Å². The Bertz CT molecular complexity index is 802. The number of rotatable bonds is 1. The standard InChI is InChI=1S/C13H9BrN4S/c14-7-2-1-3-9-10(7)18-13(19-9)12-11-8(4-5-15-12)16-6-17-11/h1-3,6H,4-5H2,(H,16,17). The van der Waals surface area contributed by atoms with E-state index in [2.05, 4.69) is 37.0 Å². The summed E-state index contributed by atoms with van der Waals surface area (Å²) in [5, 5.41) is 0.940. The van der Waals surface area contributed by atoms with Crippen LogP contribution in [-0.4, -0.2) is 27.2 Å². The van der Waals surface area contributed by atoms with Crippen molar-refractivity contribution in [2.45, 2.75) is 6.42 Å². The summed E-state index contributed by atoms with van der Waals surface area (Å²) in [5.41, 5.74) is 4.01. The number of aromatic amines is 1. The van der Waals surface area contributed by atoms with E-state index >= 15 is 0 Å². The molecule has 19 heavy (non-hydrogen) atoms. The number of aromatic nitrogens is 3. The predicted octanol–water partition coefficient (Wildman–Crippen LogP) is 3.18. The lowest BCUT2D eigenvalue weighted by molar-refractivity contribution is 0.911. The van der Waals surface area contributed by atoms with Gasteiger partial charge >= 0.3 is 0 Å². The average molecular weight is 333 g/mol. The van der Waals surface area contributed by atoms with Crippen LogP contribution in [0.25, 0.3) is 10.2 Å². The highest BCUT2D eigenvalue weighted by atomic mass is 79.9. The summed E-state index contributed by atoms with van der Waals surface area (Å²) in [7, 11) is 0. The first kappa shape index (κ1) is 11.3. The Labute approximate surface area is 121 Å². The lowest BCUT2D eigenvalue weighted by Gasteiger charge is -2.08. The van der Waals surface area contributed by atoms with E-state index in [-0.39, 0.29) is 0 Å². The smallest absolute Gasteiger partial charge is 0.145 e. The van der Waals surface area contributed by atoms with Crippen molar-refractivity contribution < 1.29 is 0 Å². The van der Waals surface area contributed by atoms with Crippen LogP contribution in [0.5, 0.6) is 0 Å². The number of hydrogen-bond donors (Lipinski definition) is 1. The van der Waals surface area contributed by atoms with Crippen molar-refractivity contribution in [3.8, 4) is 0 Å². The number of fused-ring (bicyclic) bond motifs is 2. The number of para-hydroxylation sites is 1. The first-order valence-electron chi connectivity index (χ1n) is 5.95. The molecule has 0 fully saturated rings. The fourth-order valence-electron chi connectivity index (χ4n) is 2.26. The molecule has 4 nitrogen and oxygen atoms in total. The summed E-state index contributed by atoms with van der Waals surface area (Å²) < 4.78 is 2.18. The highest BCUT2D eigenvalue weighted by molar-refractivity contribution is 9.10. The normalized spacial score (nSPS) is 14.5. The van der Waals surface area contributed by atoms with E-state index in [9.17, 15) is 0 Å². The van der Waals surface area contributed by atoms with Crippen molar-refractivity contribution in [1.82, 2.24) is 15.0 Å². The lowest BCUT2D eigenvalue weighted by Crippen LogP contribution is -2.13. The molecule has 0 amide bonds. The number of aliphatic imine (C=N–C) groups is 1. The second-order valence-electron chi connectivity index (χ2n) is 4.32. The van der Waals surface area contributed by atoms with Crippen LogP contribution in [0.1, 0.15) is 16.4 Å². The van der Waals surface area contributed by atoms with E-state index in [1.165, 1.54) is 0 Å². The van der Waals surface area contributed by atoms with Gasteiger partial charge in [0.25, 0.3) is 0 Å². The quantitative estimate of drug-likeness (QED) is 0.744. The van der Waals surface area contributed by atoms with Crippen molar-refractivity contribution in [3.63, 3.8) is 0 Å². The zero-order valence-corrected chi connectivity index (χ0v) is 12.3. The SMILES string of the molecule is Brc1cccc2sc(C3=NCCc4[nH]cnc43)nc12. The van der Waals surface area contributed by atoms with Crippen molar-refractivity contribution >= 4 is 43.2 Å². The van der Waals surface area contributed by atoms with Gasteiger partial charge in [-0.1, -0.05) is 6.07 Å². The van der Waals surface area contributed by atoms with E-state index < -0.39 is 0 Å². The Morgan fingerprint density at radius 1 is 1.32 bits per heavy atom. The van der Waals surface area contributed by atoms with Gasteiger partial charge in [-0.15, -0.1) is 11.3 Å². The molecule has 0 aliphatic carbocycles. The van der Waals surface area contributed by atoms with Crippen LogP contribution in [0.3, 0.4) is 0 Å². The molecular formula is C13H9BrN4S.